The van der Waals surface area contributed by atoms with Crippen LogP contribution >= 0.6 is 0 Å². The van der Waals surface area contributed by atoms with Crippen molar-refractivity contribution in [2.75, 3.05) is 13.7 Å². The van der Waals surface area contributed by atoms with Crippen LogP contribution in [-0.4, -0.2) is 58.2 Å². The Morgan fingerprint density at radius 1 is 0.974 bits per heavy atom. The van der Waals surface area contributed by atoms with Gasteiger partial charge in [0.25, 0.3) is 5.56 Å². The first-order valence-corrected chi connectivity index (χ1v) is 18.6. The van der Waals surface area contributed by atoms with Crippen LogP contribution in [0.15, 0.2) is 21.9 Å². The second kappa shape index (κ2) is 12.2. The fourth-order valence-electron chi connectivity index (χ4n) is 6.27. The van der Waals surface area contributed by atoms with E-state index in [0.29, 0.717) is 30.3 Å². The van der Waals surface area contributed by atoms with Gasteiger partial charge in [-0.2, -0.15) is 0 Å². The molecular formula is C27H50N2O7Si2. The summed E-state index contributed by atoms with van der Waals surface area (Å²) < 4.78 is 35.8. The van der Waals surface area contributed by atoms with Gasteiger partial charge in [-0.05, 0) is 54.8 Å². The molecule has 1 N–H and O–H groups in total. The van der Waals surface area contributed by atoms with E-state index in [2.05, 4.69) is 60.4 Å². The highest BCUT2D eigenvalue weighted by Crippen LogP contribution is 2.48. The maximum Gasteiger partial charge on any atom is 0.330 e. The second-order valence-corrected chi connectivity index (χ2v) is 19.7. The van der Waals surface area contributed by atoms with E-state index in [1.807, 2.05) is 6.92 Å². The van der Waals surface area contributed by atoms with E-state index in [-0.39, 0.29) is 0 Å². The Morgan fingerprint density at radius 3 is 1.97 bits per heavy atom. The number of aromatic nitrogens is 2. The molecule has 0 aliphatic carbocycles. The molecule has 0 radical (unpaired) electrons. The van der Waals surface area contributed by atoms with Crippen LogP contribution in [0.2, 0.25) is 24.2 Å². The molecule has 1 aromatic rings. The SMILES string of the molecule is CO[C@]1(C)[C@@H]2O[Si](CC(C)C)(CC(C)C)O[Si](CC(C)C)(CC(C)C)OC[C@H]2O[C@H]1n1ccc(=O)[nH]c1=O. The molecule has 3 heterocycles. The van der Waals surface area contributed by atoms with Gasteiger partial charge >= 0.3 is 22.8 Å². The van der Waals surface area contributed by atoms with Gasteiger partial charge in [0.2, 0.25) is 0 Å². The minimum absolute atomic E-state index is 0.303. The largest absolute Gasteiger partial charge is 0.414 e. The zero-order valence-electron chi connectivity index (χ0n) is 25.0. The molecule has 0 spiro atoms. The number of hydrogen-bond acceptors (Lipinski definition) is 7. The minimum atomic E-state index is -2.87. The van der Waals surface area contributed by atoms with Crippen molar-refractivity contribution < 1.29 is 22.4 Å². The molecule has 0 amide bonds. The van der Waals surface area contributed by atoms with E-state index in [0.717, 1.165) is 24.2 Å². The monoisotopic (exact) mass is 570 g/mol. The lowest BCUT2D eigenvalue weighted by Crippen LogP contribution is -2.64. The van der Waals surface area contributed by atoms with Crippen molar-refractivity contribution in [1.82, 2.24) is 9.55 Å². The molecule has 2 saturated heterocycles. The average Bonchev–Trinajstić information content (AvgIpc) is 3.01. The smallest absolute Gasteiger partial charge is 0.330 e. The van der Waals surface area contributed by atoms with Crippen LogP contribution in [0.1, 0.15) is 68.5 Å². The fourth-order valence-corrected chi connectivity index (χ4v) is 17.8. The third-order valence-electron chi connectivity index (χ3n) is 7.34. The van der Waals surface area contributed by atoms with Crippen LogP contribution in [0.25, 0.3) is 0 Å². The molecule has 3 rings (SSSR count). The lowest BCUT2D eigenvalue weighted by molar-refractivity contribution is -0.120. The molecule has 4 atom stereocenters. The Labute approximate surface area is 230 Å². The molecular weight excluding hydrogens is 520 g/mol. The summed E-state index contributed by atoms with van der Waals surface area (Å²) >= 11 is 0. The van der Waals surface area contributed by atoms with Crippen molar-refractivity contribution in [3.8, 4) is 0 Å². The Morgan fingerprint density at radius 2 is 1.50 bits per heavy atom. The summed E-state index contributed by atoms with van der Waals surface area (Å²) in [6.07, 6.45) is -0.302. The zero-order chi connectivity index (χ0) is 28.5. The lowest BCUT2D eigenvalue weighted by Gasteiger charge is -2.49. The van der Waals surface area contributed by atoms with Gasteiger partial charge in [-0.3, -0.25) is 14.3 Å². The van der Waals surface area contributed by atoms with Crippen molar-refractivity contribution in [2.24, 2.45) is 23.7 Å². The highest BCUT2D eigenvalue weighted by molar-refractivity contribution is 6.81. The minimum Gasteiger partial charge on any atom is -0.414 e. The number of fused-ring (bicyclic) bond motifs is 1. The van der Waals surface area contributed by atoms with Gasteiger partial charge in [0.05, 0.1) is 6.61 Å². The van der Waals surface area contributed by atoms with Crippen LogP contribution in [0.3, 0.4) is 0 Å². The van der Waals surface area contributed by atoms with Crippen molar-refractivity contribution in [2.45, 2.75) is 111 Å². The van der Waals surface area contributed by atoms with E-state index in [4.69, 9.17) is 22.4 Å². The van der Waals surface area contributed by atoms with Crippen molar-refractivity contribution in [3.05, 3.63) is 33.1 Å². The quantitative estimate of drug-likeness (QED) is 0.404. The molecule has 2 aliphatic heterocycles. The molecule has 218 valence electrons. The molecule has 38 heavy (non-hydrogen) atoms. The summed E-state index contributed by atoms with van der Waals surface area (Å²) in [5.74, 6) is 1.58. The van der Waals surface area contributed by atoms with E-state index in [1.54, 1.807) is 7.11 Å². The molecule has 0 saturated carbocycles. The van der Waals surface area contributed by atoms with Crippen LogP contribution in [0.4, 0.5) is 0 Å². The van der Waals surface area contributed by atoms with Gasteiger partial charge in [-0.25, -0.2) is 4.79 Å². The summed E-state index contributed by atoms with van der Waals surface area (Å²) in [6, 6.07) is 4.78. The number of H-pyrrole nitrogens is 1. The Balaban J connectivity index is 2.17. The summed E-state index contributed by atoms with van der Waals surface area (Å²) in [5, 5.41) is 0. The Hall–Kier alpha value is -1.09. The van der Waals surface area contributed by atoms with Crippen LogP contribution in [0, 0.1) is 23.7 Å². The van der Waals surface area contributed by atoms with Gasteiger partial charge in [-0.15, -0.1) is 0 Å². The third-order valence-corrected chi connectivity index (χ3v) is 17.4. The summed E-state index contributed by atoms with van der Waals surface area (Å²) in [7, 11) is -3.95. The lowest BCUT2D eigenvalue weighted by atomic mass is 9.96. The molecule has 0 aromatic carbocycles. The maximum absolute atomic E-state index is 12.8. The molecule has 2 fully saturated rings. The second-order valence-electron chi connectivity index (χ2n) is 13.1. The number of rotatable bonds is 10. The standard InChI is InChI=1S/C27H50N2O7Si2/c1-18(2)14-37(15-19(3)4)33-13-22-24(35-38(36-37,16-20(5)6)17-21(7)8)27(9,32-10)25(34-22)29-12-11-23(30)28-26(29)31/h11-12,18-22,24-25H,13-17H2,1-10H3,(H,28,30,31)/t22-,24-,25-,27-/m1/s1. The maximum atomic E-state index is 12.8. The predicted octanol–water partition coefficient (Wildman–Crippen LogP) is 4.78. The first-order chi connectivity index (χ1) is 17.6. The van der Waals surface area contributed by atoms with Gasteiger partial charge in [0.1, 0.15) is 17.8 Å². The zero-order valence-corrected chi connectivity index (χ0v) is 27.0. The Kier molecular flexibility index (Phi) is 10.1. The number of aromatic amines is 1. The molecule has 9 nitrogen and oxygen atoms in total. The first kappa shape index (κ1) is 31.4. The normalized spacial score (nSPS) is 29.2. The number of nitrogens with one attached hydrogen (secondary N) is 1. The number of hydrogen-bond donors (Lipinski definition) is 1. The number of methoxy groups -OCH3 is 1. The molecule has 2 aliphatic rings. The summed E-state index contributed by atoms with van der Waals surface area (Å²) in [4.78, 5) is 26.9. The van der Waals surface area contributed by atoms with Crippen LogP contribution in [0.5, 0.6) is 0 Å². The van der Waals surface area contributed by atoms with E-state index in [9.17, 15) is 9.59 Å². The average molecular weight is 571 g/mol. The highest BCUT2D eigenvalue weighted by Gasteiger charge is 2.62. The van der Waals surface area contributed by atoms with Gasteiger partial charge < -0.3 is 22.4 Å². The summed E-state index contributed by atoms with van der Waals surface area (Å²) in [6.45, 7) is 20.0. The summed E-state index contributed by atoms with van der Waals surface area (Å²) in [5.41, 5.74) is -2.02. The predicted molar refractivity (Wildman–Crippen MR) is 153 cm³/mol. The van der Waals surface area contributed by atoms with Crippen LogP contribution in [-0.2, 0) is 22.4 Å². The van der Waals surface area contributed by atoms with E-state index in [1.165, 1.54) is 16.8 Å². The number of nitrogens with zero attached hydrogens (tertiary/aromatic N) is 1. The van der Waals surface area contributed by atoms with E-state index < -0.39 is 52.4 Å². The van der Waals surface area contributed by atoms with Crippen LogP contribution < -0.4 is 11.2 Å². The van der Waals surface area contributed by atoms with Gasteiger partial charge in [-0.1, -0.05) is 55.4 Å². The Bertz CT molecular complexity index is 1020. The van der Waals surface area contributed by atoms with Gasteiger partial charge in [0, 0.05) is 19.4 Å². The molecule has 0 bridgehead atoms. The third kappa shape index (κ3) is 6.97. The molecule has 1 aromatic heterocycles. The molecule has 0 unspecified atom stereocenters. The van der Waals surface area contributed by atoms with E-state index >= 15 is 0 Å². The topological polar surface area (TPSA) is 101 Å². The van der Waals surface area contributed by atoms with Crippen molar-refractivity contribution in [1.29, 1.82) is 0 Å². The van der Waals surface area contributed by atoms with Crippen molar-refractivity contribution in [3.63, 3.8) is 0 Å². The molecule has 11 heteroatoms. The van der Waals surface area contributed by atoms with Crippen molar-refractivity contribution >= 4 is 17.1 Å². The first-order valence-electron chi connectivity index (χ1n) is 14.2. The fraction of sp³-hybridized carbons (Fsp3) is 0.852. The van der Waals surface area contributed by atoms with Gasteiger partial charge in [0.15, 0.2) is 6.23 Å². The highest BCUT2D eigenvalue weighted by atomic mass is 28.5. The number of ether oxygens (including phenoxy) is 2.